The van der Waals surface area contributed by atoms with Crippen LogP contribution in [0.1, 0.15) is 118 Å². The van der Waals surface area contributed by atoms with E-state index in [1.54, 1.807) is 0 Å². The van der Waals surface area contributed by atoms with Crippen LogP contribution in [0.4, 0.5) is 0 Å². The Balaban J connectivity index is 2.22. The molecule has 1 fully saturated rings. The highest BCUT2D eigenvalue weighted by atomic mass is 16.2. The molecule has 0 aromatic carbocycles. The van der Waals surface area contributed by atoms with E-state index in [1.807, 2.05) is 9.80 Å². The third-order valence-electron chi connectivity index (χ3n) is 6.62. The minimum absolute atomic E-state index is 0.120. The van der Waals surface area contributed by atoms with Gasteiger partial charge in [-0.05, 0) is 66.2 Å². The Morgan fingerprint density at radius 1 is 0.625 bits per heavy atom. The number of carbonyl (C=O) groups excluding carboxylic acids is 2. The Hall–Kier alpha value is -1.58. The fraction of sp³-hybridized carbons (Fsp3) is 0.786. The van der Waals surface area contributed by atoms with Gasteiger partial charge in [0.1, 0.15) is 0 Å². The third kappa shape index (κ3) is 11.9. The van der Waals surface area contributed by atoms with Crippen LogP contribution in [0, 0.1) is 0 Å². The second-order valence-electron chi connectivity index (χ2n) is 9.54. The van der Waals surface area contributed by atoms with Gasteiger partial charge in [-0.2, -0.15) is 0 Å². The molecular formula is C28H50N2O2. The van der Waals surface area contributed by atoms with Crippen molar-refractivity contribution in [3.63, 3.8) is 0 Å². The maximum Gasteiger partial charge on any atom is 0.222 e. The van der Waals surface area contributed by atoms with Crippen molar-refractivity contribution in [2.75, 3.05) is 13.1 Å². The fourth-order valence-corrected chi connectivity index (χ4v) is 4.58. The van der Waals surface area contributed by atoms with Crippen molar-refractivity contribution in [2.45, 2.75) is 130 Å². The Labute approximate surface area is 198 Å². The number of hydrogen-bond donors (Lipinski definition) is 0. The normalized spacial score (nSPS) is 19.4. The Morgan fingerprint density at radius 2 is 0.969 bits per heavy atom. The van der Waals surface area contributed by atoms with Gasteiger partial charge in [-0.1, -0.05) is 62.8 Å². The molecule has 0 saturated carbocycles. The smallest absolute Gasteiger partial charge is 0.222 e. The number of hydrogen-bond acceptors (Lipinski definition) is 2. The van der Waals surface area contributed by atoms with E-state index in [-0.39, 0.29) is 23.9 Å². The summed E-state index contributed by atoms with van der Waals surface area (Å²) in [7, 11) is 0. The zero-order chi connectivity index (χ0) is 23.6. The molecule has 0 aromatic rings. The van der Waals surface area contributed by atoms with E-state index in [0.717, 1.165) is 25.7 Å². The van der Waals surface area contributed by atoms with Gasteiger partial charge in [0.15, 0.2) is 0 Å². The maximum atomic E-state index is 12.8. The van der Waals surface area contributed by atoms with Crippen LogP contribution < -0.4 is 0 Å². The van der Waals surface area contributed by atoms with Gasteiger partial charge in [-0.25, -0.2) is 0 Å². The fourth-order valence-electron chi connectivity index (χ4n) is 4.58. The summed E-state index contributed by atoms with van der Waals surface area (Å²) in [5.41, 5.74) is 0. The monoisotopic (exact) mass is 446 g/mol. The molecule has 1 heterocycles. The van der Waals surface area contributed by atoms with Gasteiger partial charge in [-0.15, -0.1) is 0 Å². The zero-order valence-corrected chi connectivity index (χ0v) is 21.5. The number of carbonyl (C=O) groups is 2. The predicted octanol–water partition coefficient (Wildman–Crippen LogP) is 7.05. The number of piperazine rings is 1. The third-order valence-corrected chi connectivity index (χ3v) is 6.62. The summed E-state index contributed by atoms with van der Waals surface area (Å²) in [6.07, 6.45) is 24.0. The molecule has 2 atom stereocenters. The van der Waals surface area contributed by atoms with Crippen molar-refractivity contribution in [2.24, 2.45) is 0 Å². The summed E-state index contributed by atoms with van der Waals surface area (Å²) in [5.74, 6) is 0.534. The molecule has 0 radical (unpaired) electrons. The number of rotatable bonds is 16. The first-order chi connectivity index (χ1) is 15.5. The molecule has 0 spiro atoms. The molecule has 184 valence electrons. The van der Waals surface area contributed by atoms with E-state index in [2.05, 4.69) is 52.0 Å². The lowest BCUT2D eigenvalue weighted by molar-refractivity contribution is -0.145. The molecule has 0 bridgehead atoms. The maximum absolute atomic E-state index is 12.8. The van der Waals surface area contributed by atoms with Crippen molar-refractivity contribution in [1.29, 1.82) is 0 Å². The van der Waals surface area contributed by atoms with Crippen LogP contribution in [0.5, 0.6) is 0 Å². The molecule has 4 heteroatoms. The van der Waals surface area contributed by atoms with Crippen molar-refractivity contribution in [3.05, 3.63) is 24.3 Å². The van der Waals surface area contributed by atoms with Crippen LogP contribution in [0.2, 0.25) is 0 Å². The average molecular weight is 447 g/mol. The summed E-state index contributed by atoms with van der Waals surface area (Å²) in [6.45, 7) is 9.68. The van der Waals surface area contributed by atoms with Gasteiger partial charge in [-0.3, -0.25) is 9.59 Å². The predicted molar refractivity (Wildman–Crippen MR) is 137 cm³/mol. The lowest BCUT2D eigenvalue weighted by atomic mass is 10.0. The summed E-state index contributed by atoms with van der Waals surface area (Å²) < 4.78 is 0. The summed E-state index contributed by atoms with van der Waals surface area (Å²) >= 11 is 0. The highest BCUT2D eigenvalue weighted by Gasteiger charge is 2.33. The second kappa shape index (κ2) is 17.9. The molecule has 2 unspecified atom stereocenters. The van der Waals surface area contributed by atoms with Crippen LogP contribution >= 0.6 is 0 Å². The summed E-state index contributed by atoms with van der Waals surface area (Å²) in [6, 6.07) is 0.241. The zero-order valence-electron chi connectivity index (χ0n) is 21.5. The van der Waals surface area contributed by atoms with Crippen molar-refractivity contribution < 1.29 is 9.59 Å². The van der Waals surface area contributed by atoms with Crippen LogP contribution in [0.15, 0.2) is 24.3 Å². The van der Waals surface area contributed by atoms with Crippen molar-refractivity contribution in [1.82, 2.24) is 9.80 Å². The lowest BCUT2D eigenvalue weighted by Crippen LogP contribution is -2.59. The Kier molecular flexibility index (Phi) is 15.9. The molecular weight excluding hydrogens is 396 g/mol. The van der Waals surface area contributed by atoms with E-state index in [1.165, 1.54) is 51.4 Å². The minimum Gasteiger partial charge on any atom is -0.336 e. The van der Waals surface area contributed by atoms with E-state index in [4.69, 9.17) is 0 Å². The topological polar surface area (TPSA) is 40.6 Å². The van der Waals surface area contributed by atoms with Crippen LogP contribution in [0.3, 0.4) is 0 Å². The molecule has 1 rings (SSSR count). The van der Waals surface area contributed by atoms with Crippen LogP contribution in [0.25, 0.3) is 0 Å². The largest absolute Gasteiger partial charge is 0.336 e. The van der Waals surface area contributed by atoms with Crippen molar-refractivity contribution in [3.8, 4) is 0 Å². The average Bonchev–Trinajstić information content (AvgIpc) is 2.78. The minimum atomic E-state index is 0.120. The quantitative estimate of drug-likeness (QED) is 0.188. The van der Waals surface area contributed by atoms with Gasteiger partial charge >= 0.3 is 0 Å². The number of nitrogens with zero attached hydrogens (tertiary/aromatic N) is 2. The molecule has 2 amide bonds. The SMILES string of the molecule is CC=CCCCCCCCC(=O)N1CC(C)N(C(=O)CCCCCCCC=CC)CC1C. The van der Waals surface area contributed by atoms with Gasteiger partial charge < -0.3 is 9.80 Å². The molecule has 32 heavy (non-hydrogen) atoms. The van der Waals surface area contributed by atoms with Crippen LogP contribution in [-0.4, -0.2) is 46.8 Å². The highest BCUT2D eigenvalue weighted by molar-refractivity contribution is 5.79. The lowest BCUT2D eigenvalue weighted by Gasteiger charge is -2.44. The first kappa shape index (κ1) is 28.5. The molecule has 1 saturated heterocycles. The van der Waals surface area contributed by atoms with Crippen LogP contribution in [-0.2, 0) is 9.59 Å². The van der Waals surface area contributed by atoms with E-state index < -0.39 is 0 Å². The van der Waals surface area contributed by atoms with Gasteiger partial charge in [0.2, 0.25) is 11.8 Å². The molecule has 1 aliphatic heterocycles. The van der Waals surface area contributed by atoms with E-state index in [9.17, 15) is 9.59 Å². The van der Waals surface area contributed by atoms with E-state index in [0.29, 0.717) is 25.9 Å². The number of amides is 2. The van der Waals surface area contributed by atoms with Gasteiger partial charge in [0.25, 0.3) is 0 Å². The molecule has 0 aliphatic carbocycles. The molecule has 1 aliphatic rings. The summed E-state index contributed by atoms with van der Waals surface area (Å²) in [5, 5.41) is 0. The number of unbranched alkanes of at least 4 members (excludes halogenated alkanes) is 10. The van der Waals surface area contributed by atoms with Gasteiger partial charge in [0.05, 0.1) is 0 Å². The highest BCUT2D eigenvalue weighted by Crippen LogP contribution is 2.20. The molecule has 4 nitrogen and oxygen atoms in total. The van der Waals surface area contributed by atoms with Gasteiger partial charge in [0, 0.05) is 38.0 Å². The second-order valence-corrected chi connectivity index (χ2v) is 9.54. The molecule has 0 aromatic heterocycles. The Morgan fingerprint density at radius 3 is 1.34 bits per heavy atom. The van der Waals surface area contributed by atoms with E-state index >= 15 is 0 Å². The number of allylic oxidation sites excluding steroid dienone is 4. The Bertz CT molecular complexity index is 520. The standard InChI is InChI=1S/C28H50N2O2/c1-5-7-9-11-13-15-17-19-21-27(31)29-23-26(4)30(24-25(29)3)28(32)22-20-18-16-14-12-10-8-6-2/h5-8,25-26H,9-24H2,1-4H3. The molecule has 0 N–H and O–H groups in total. The van der Waals surface area contributed by atoms with Crippen molar-refractivity contribution >= 4 is 11.8 Å². The first-order valence-electron chi connectivity index (χ1n) is 13.3. The summed E-state index contributed by atoms with van der Waals surface area (Å²) in [4.78, 5) is 29.5. The first-order valence-corrected chi connectivity index (χ1v) is 13.3.